The molecule has 2 atom stereocenters. The Labute approximate surface area is 105 Å². The highest BCUT2D eigenvalue weighted by molar-refractivity contribution is 5.78. The molecule has 2 aliphatic heterocycles. The Balaban J connectivity index is 1.63. The van der Waals surface area contributed by atoms with Gasteiger partial charge in [0.05, 0.1) is 0 Å². The van der Waals surface area contributed by atoms with Crippen LogP contribution in [0.1, 0.15) is 51.9 Å². The Morgan fingerprint density at radius 1 is 1.41 bits per heavy atom. The Bertz CT molecular complexity index is 249. The van der Waals surface area contributed by atoms with Gasteiger partial charge < -0.3 is 10.2 Å². The van der Waals surface area contributed by atoms with Crippen molar-refractivity contribution in [2.24, 2.45) is 5.92 Å². The van der Waals surface area contributed by atoms with E-state index >= 15 is 0 Å². The molecule has 2 fully saturated rings. The smallest absolute Gasteiger partial charge is 0.222 e. The van der Waals surface area contributed by atoms with E-state index in [0.717, 1.165) is 25.6 Å². The van der Waals surface area contributed by atoms with Crippen LogP contribution in [0.25, 0.3) is 0 Å². The summed E-state index contributed by atoms with van der Waals surface area (Å²) in [5, 5.41) is 3.52. The molecule has 2 rings (SSSR count). The molecule has 2 heterocycles. The maximum Gasteiger partial charge on any atom is 0.222 e. The van der Waals surface area contributed by atoms with Crippen LogP contribution in [0.2, 0.25) is 0 Å². The van der Waals surface area contributed by atoms with Gasteiger partial charge in [-0.05, 0) is 44.6 Å². The highest BCUT2D eigenvalue weighted by atomic mass is 16.2. The lowest BCUT2D eigenvalue weighted by Crippen LogP contribution is -2.28. The van der Waals surface area contributed by atoms with Gasteiger partial charge in [0.25, 0.3) is 0 Å². The molecular weight excluding hydrogens is 212 g/mol. The van der Waals surface area contributed by atoms with Gasteiger partial charge in [-0.15, -0.1) is 0 Å². The Morgan fingerprint density at radius 2 is 2.29 bits per heavy atom. The number of rotatable bonds is 6. The lowest BCUT2D eigenvalue weighted by Gasteiger charge is -2.18. The van der Waals surface area contributed by atoms with Gasteiger partial charge in [0.2, 0.25) is 5.91 Å². The molecule has 1 amide bonds. The van der Waals surface area contributed by atoms with Gasteiger partial charge in [0.1, 0.15) is 0 Å². The molecule has 0 aromatic rings. The van der Waals surface area contributed by atoms with Crippen LogP contribution in [-0.2, 0) is 4.79 Å². The van der Waals surface area contributed by atoms with E-state index < -0.39 is 0 Å². The highest BCUT2D eigenvalue weighted by Gasteiger charge is 2.28. The van der Waals surface area contributed by atoms with Gasteiger partial charge in [-0.2, -0.15) is 0 Å². The van der Waals surface area contributed by atoms with Crippen LogP contribution in [0.15, 0.2) is 0 Å². The summed E-state index contributed by atoms with van der Waals surface area (Å²) in [5.41, 5.74) is 0. The third-order valence-electron chi connectivity index (χ3n) is 4.13. The first-order valence-electron chi connectivity index (χ1n) is 7.30. The zero-order valence-electron chi connectivity index (χ0n) is 11.1. The minimum Gasteiger partial charge on any atom is -0.342 e. The summed E-state index contributed by atoms with van der Waals surface area (Å²) >= 11 is 0. The van der Waals surface area contributed by atoms with E-state index in [0.29, 0.717) is 11.8 Å². The fourth-order valence-corrected chi connectivity index (χ4v) is 3.20. The zero-order chi connectivity index (χ0) is 12.1. The monoisotopic (exact) mass is 238 g/mol. The van der Waals surface area contributed by atoms with Crippen molar-refractivity contribution in [1.82, 2.24) is 10.2 Å². The van der Waals surface area contributed by atoms with Crippen molar-refractivity contribution in [3.63, 3.8) is 0 Å². The van der Waals surface area contributed by atoms with Gasteiger partial charge in [0, 0.05) is 25.6 Å². The van der Waals surface area contributed by atoms with E-state index in [9.17, 15) is 4.79 Å². The summed E-state index contributed by atoms with van der Waals surface area (Å²) in [4.78, 5) is 13.9. The topological polar surface area (TPSA) is 32.3 Å². The van der Waals surface area contributed by atoms with Gasteiger partial charge >= 0.3 is 0 Å². The number of carbonyl (C=O) groups is 1. The molecule has 3 heteroatoms. The maximum atomic E-state index is 11.8. The third kappa shape index (κ3) is 3.70. The molecular formula is C14H26N2O. The minimum absolute atomic E-state index is 0.392. The van der Waals surface area contributed by atoms with E-state index in [1.165, 1.54) is 45.1 Å². The van der Waals surface area contributed by atoms with Gasteiger partial charge in [-0.1, -0.05) is 13.3 Å². The SMILES string of the molecule is CCCC1CC(=O)N(CCCC2CCCN2)C1. The number of hydrogen-bond donors (Lipinski definition) is 1. The number of likely N-dealkylation sites (tertiary alicyclic amines) is 1. The zero-order valence-corrected chi connectivity index (χ0v) is 11.1. The summed E-state index contributed by atoms with van der Waals surface area (Å²) in [6.07, 6.45) is 8.28. The normalized spacial score (nSPS) is 29.2. The van der Waals surface area contributed by atoms with Gasteiger partial charge in [0.15, 0.2) is 0 Å². The van der Waals surface area contributed by atoms with Crippen LogP contribution in [0, 0.1) is 5.92 Å². The second-order valence-electron chi connectivity index (χ2n) is 5.63. The number of nitrogens with one attached hydrogen (secondary N) is 1. The van der Waals surface area contributed by atoms with Crippen molar-refractivity contribution < 1.29 is 4.79 Å². The first kappa shape index (κ1) is 12.9. The first-order chi connectivity index (χ1) is 8.29. The van der Waals surface area contributed by atoms with Crippen molar-refractivity contribution in [2.45, 2.75) is 57.9 Å². The predicted octanol–water partition coefficient (Wildman–Crippen LogP) is 2.17. The van der Waals surface area contributed by atoms with Gasteiger partial charge in [-0.25, -0.2) is 0 Å². The highest BCUT2D eigenvalue weighted by Crippen LogP contribution is 2.22. The van der Waals surface area contributed by atoms with E-state index in [2.05, 4.69) is 17.1 Å². The molecule has 3 nitrogen and oxygen atoms in total. The molecule has 1 N–H and O–H groups in total. The summed E-state index contributed by atoms with van der Waals surface area (Å²) < 4.78 is 0. The molecule has 0 spiro atoms. The predicted molar refractivity (Wildman–Crippen MR) is 69.9 cm³/mol. The Morgan fingerprint density at radius 3 is 3.00 bits per heavy atom. The summed E-state index contributed by atoms with van der Waals surface area (Å²) in [5.74, 6) is 1.03. The number of carbonyl (C=O) groups excluding carboxylic acids is 1. The Hall–Kier alpha value is -0.570. The average molecular weight is 238 g/mol. The van der Waals surface area contributed by atoms with Crippen molar-refractivity contribution in [3.05, 3.63) is 0 Å². The molecule has 0 radical (unpaired) electrons. The summed E-state index contributed by atoms with van der Waals surface area (Å²) in [7, 11) is 0. The van der Waals surface area contributed by atoms with Crippen molar-refractivity contribution in [3.8, 4) is 0 Å². The van der Waals surface area contributed by atoms with Crippen molar-refractivity contribution in [1.29, 1.82) is 0 Å². The van der Waals surface area contributed by atoms with Crippen LogP contribution >= 0.6 is 0 Å². The molecule has 0 aliphatic carbocycles. The lowest BCUT2D eigenvalue weighted by atomic mass is 10.0. The molecule has 98 valence electrons. The standard InChI is InChI=1S/C14H26N2O/c1-2-5-12-10-14(17)16(11-12)9-4-7-13-6-3-8-15-13/h12-13,15H,2-11H2,1H3. The van der Waals surface area contributed by atoms with Crippen LogP contribution in [0.3, 0.4) is 0 Å². The molecule has 2 saturated heterocycles. The molecule has 0 aromatic heterocycles. The third-order valence-corrected chi connectivity index (χ3v) is 4.13. The summed E-state index contributed by atoms with van der Waals surface area (Å²) in [6.45, 7) is 5.40. The molecule has 2 unspecified atom stereocenters. The van der Waals surface area contributed by atoms with Gasteiger partial charge in [-0.3, -0.25) is 4.79 Å². The quantitative estimate of drug-likeness (QED) is 0.769. The number of amides is 1. The van der Waals surface area contributed by atoms with Crippen LogP contribution in [-0.4, -0.2) is 36.5 Å². The minimum atomic E-state index is 0.392. The first-order valence-corrected chi connectivity index (χ1v) is 7.30. The van der Waals surface area contributed by atoms with E-state index in [1.807, 2.05) is 0 Å². The van der Waals surface area contributed by atoms with E-state index in [1.54, 1.807) is 0 Å². The molecule has 0 aromatic carbocycles. The van der Waals surface area contributed by atoms with Crippen LogP contribution in [0.5, 0.6) is 0 Å². The van der Waals surface area contributed by atoms with Crippen LogP contribution in [0.4, 0.5) is 0 Å². The molecule has 2 aliphatic rings. The molecule has 0 bridgehead atoms. The van der Waals surface area contributed by atoms with Crippen LogP contribution < -0.4 is 5.32 Å². The molecule has 17 heavy (non-hydrogen) atoms. The molecule has 0 saturated carbocycles. The van der Waals surface area contributed by atoms with Crippen molar-refractivity contribution >= 4 is 5.91 Å². The number of hydrogen-bond acceptors (Lipinski definition) is 2. The second kappa shape index (κ2) is 6.39. The summed E-state index contributed by atoms with van der Waals surface area (Å²) in [6, 6.07) is 0.721. The lowest BCUT2D eigenvalue weighted by molar-refractivity contribution is -0.127. The largest absolute Gasteiger partial charge is 0.342 e. The number of nitrogens with zero attached hydrogens (tertiary/aromatic N) is 1. The van der Waals surface area contributed by atoms with Crippen molar-refractivity contribution in [2.75, 3.05) is 19.6 Å². The Kier molecular flexibility index (Phi) is 4.84. The average Bonchev–Trinajstić information content (AvgIpc) is 2.90. The maximum absolute atomic E-state index is 11.8. The van der Waals surface area contributed by atoms with E-state index in [-0.39, 0.29) is 0 Å². The second-order valence-corrected chi connectivity index (χ2v) is 5.63. The fraction of sp³-hybridized carbons (Fsp3) is 0.929. The van der Waals surface area contributed by atoms with E-state index in [4.69, 9.17) is 0 Å². The fourth-order valence-electron chi connectivity index (χ4n) is 3.20.